The van der Waals surface area contributed by atoms with E-state index >= 15 is 0 Å². The van der Waals surface area contributed by atoms with Gasteiger partial charge in [-0.2, -0.15) is 0 Å². The molecule has 1 aromatic rings. The lowest BCUT2D eigenvalue weighted by atomic mass is 10.2. The van der Waals surface area contributed by atoms with Crippen molar-refractivity contribution in [2.45, 2.75) is 39.3 Å². The Labute approximate surface area is 157 Å². The summed E-state index contributed by atoms with van der Waals surface area (Å²) in [6.07, 6.45) is -0.675. The lowest BCUT2D eigenvalue weighted by Gasteiger charge is -2.19. The Hall–Kier alpha value is -2.97. The highest BCUT2D eigenvalue weighted by atomic mass is 16.7. The maximum absolute atomic E-state index is 11.8. The molecule has 0 spiro atoms. The van der Waals surface area contributed by atoms with Crippen LogP contribution < -0.4 is 20.1 Å². The molecule has 1 aliphatic rings. The summed E-state index contributed by atoms with van der Waals surface area (Å²) in [5.41, 5.74) is 0.223. The first kappa shape index (κ1) is 20.3. The summed E-state index contributed by atoms with van der Waals surface area (Å²) in [6, 6.07) is 5.35. The van der Waals surface area contributed by atoms with Gasteiger partial charge in [-0.05, 0) is 38.5 Å². The molecule has 27 heavy (non-hydrogen) atoms. The highest BCUT2D eigenvalue weighted by Gasteiger charge is 2.16. The van der Waals surface area contributed by atoms with E-state index in [4.69, 9.17) is 18.9 Å². The van der Waals surface area contributed by atoms with Crippen molar-refractivity contribution >= 4 is 18.0 Å². The Bertz CT molecular complexity index is 697. The molecule has 0 radical (unpaired) electrons. The number of hydrogen-bond donors (Lipinski definition) is 2. The number of carbonyl (C=O) groups excluding carboxylic acids is 3. The van der Waals surface area contributed by atoms with Crippen LogP contribution in [0.4, 0.5) is 4.79 Å². The lowest BCUT2D eigenvalue weighted by Crippen LogP contribution is -2.34. The number of hydrogen-bond acceptors (Lipinski definition) is 7. The first-order valence-corrected chi connectivity index (χ1v) is 8.50. The smallest absolute Gasteiger partial charge is 0.407 e. The van der Waals surface area contributed by atoms with Crippen molar-refractivity contribution in [2.24, 2.45) is 0 Å². The van der Waals surface area contributed by atoms with Gasteiger partial charge in [0, 0.05) is 13.1 Å². The molecular formula is C18H24N2O7. The van der Waals surface area contributed by atoms with Crippen LogP contribution in [0.2, 0.25) is 0 Å². The van der Waals surface area contributed by atoms with E-state index in [0.717, 1.165) is 5.56 Å². The second-order valence-electron chi connectivity index (χ2n) is 6.80. The summed E-state index contributed by atoms with van der Waals surface area (Å²) in [5, 5.41) is 5.08. The van der Waals surface area contributed by atoms with Crippen molar-refractivity contribution in [1.29, 1.82) is 0 Å². The number of ether oxygens (including phenoxy) is 4. The monoisotopic (exact) mass is 380 g/mol. The standard InChI is InChI=1S/C18H24N2O7/c1-18(2,3)27-17(23)19-7-6-16(22)24-10-15(21)20-9-12-4-5-13-14(8-12)26-11-25-13/h4-5,8H,6-7,9-11H2,1-3H3,(H,19,23)(H,20,21). The zero-order chi connectivity index (χ0) is 19.9. The summed E-state index contributed by atoms with van der Waals surface area (Å²) in [6.45, 7) is 5.34. The summed E-state index contributed by atoms with van der Waals surface area (Å²) in [4.78, 5) is 34.8. The van der Waals surface area contributed by atoms with Gasteiger partial charge in [-0.1, -0.05) is 6.07 Å². The summed E-state index contributed by atoms with van der Waals surface area (Å²) >= 11 is 0. The molecule has 1 heterocycles. The van der Waals surface area contributed by atoms with Gasteiger partial charge < -0.3 is 29.6 Å². The van der Waals surface area contributed by atoms with Crippen molar-refractivity contribution in [3.8, 4) is 11.5 Å². The van der Waals surface area contributed by atoms with Crippen molar-refractivity contribution in [2.75, 3.05) is 19.9 Å². The number of esters is 1. The molecule has 0 aromatic heterocycles. The van der Waals surface area contributed by atoms with Gasteiger partial charge >= 0.3 is 12.1 Å². The largest absolute Gasteiger partial charge is 0.456 e. The van der Waals surface area contributed by atoms with Crippen LogP contribution in [0.25, 0.3) is 0 Å². The maximum Gasteiger partial charge on any atom is 0.407 e. The Kier molecular flexibility index (Phi) is 6.86. The number of carbonyl (C=O) groups is 3. The zero-order valence-corrected chi connectivity index (χ0v) is 15.6. The van der Waals surface area contributed by atoms with Gasteiger partial charge in [0.2, 0.25) is 6.79 Å². The summed E-state index contributed by atoms with van der Waals surface area (Å²) in [7, 11) is 0. The van der Waals surface area contributed by atoms with Gasteiger partial charge in [0.25, 0.3) is 5.91 Å². The van der Waals surface area contributed by atoms with Gasteiger partial charge in [0.1, 0.15) is 5.60 Å². The fourth-order valence-corrected chi connectivity index (χ4v) is 2.10. The fourth-order valence-electron chi connectivity index (χ4n) is 2.10. The average Bonchev–Trinajstić information content (AvgIpc) is 3.04. The first-order chi connectivity index (χ1) is 12.7. The molecular weight excluding hydrogens is 356 g/mol. The fraction of sp³-hybridized carbons (Fsp3) is 0.500. The molecule has 2 amide bonds. The van der Waals surface area contributed by atoms with Gasteiger partial charge in [0.05, 0.1) is 6.42 Å². The minimum atomic E-state index is -0.614. The summed E-state index contributed by atoms with van der Waals surface area (Å²) < 4.78 is 20.4. The van der Waals surface area contributed by atoms with Crippen molar-refractivity contribution in [1.82, 2.24) is 10.6 Å². The molecule has 0 aliphatic carbocycles. The molecule has 9 heteroatoms. The highest BCUT2D eigenvalue weighted by molar-refractivity contribution is 5.80. The van der Waals surface area contributed by atoms with E-state index in [1.807, 2.05) is 6.07 Å². The van der Waals surface area contributed by atoms with Gasteiger partial charge in [-0.25, -0.2) is 4.79 Å². The second kappa shape index (κ2) is 9.11. The quantitative estimate of drug-likeness (QED) is 0.689. The Morgan fingerprint density at radius 1 is 1.11 bits per heavy atom. The second-order valence-corrected chi connectivity index (χ2v) is 6.80. The van der Waals surface area contributed by atoms with Crippen LogP contribution in [0.3, 0.4) is 0 Å². The third-order valence-electron chi connectivity index (χ3n) is 3.29. The normalized spacial score (nSPS) is 12.3. The van der Waals surface area contributed by atoms with E-state index in [0.29, 0.717) is 11.5 Å². The molecule has 1 aromatic carbocycles. The van der Waals surface area contributed by atoms with Crippen LogP contribution in [0.15, 0.2) is 18.2 Å². The molecule has 0 atom stereocenters. The molecule has 148 valence electrons. The Morgan fingerprint density at radius 2 is 1.85 bits per heavy atom. The number of alkyl carbamates (subject to hydrolysis) is 1. The number of benzene rings is 1. The molecule has 1 aliphatic heterocycles. The minimum absolute atomic E-state index is 0.0608. The number of nitrogens with one attached hydrogen (secondary N) is 2. The molecule has 0 unspecified atom stereocenters. The van der Waals surface area contributed by atoms with Crippen LogP contribution >= 0.6 is 0 Å². The highest BCUT2D eigenvalue weighted by Crippen LogP contribution is 2.32. The van der Waals surface area contributed by atoms with Crippen molar-refractivity contribution < 1.29 is 33.3 Å². The third kappa shape index (κ3) is 7.43. The lowest BCUT2D eigenvalue weighted by molar-refractivity contribution is -0.148. The van der Waals surface area contributed by atoms with E-state index in [-0.39, 0.29) is 26.3 Å². The summed E-state index contributed by atoms with van der Waals surface area (Å²) in [5.74, 6) is 0.273. The predicted octanol–water partition coefficient (Wildman–Crippen LogP) is 1.49. The van der Waals surface area contributed by atoms with Crippen LogP contribution in [0.5, 0.6) is 11.5 Å². The van der Waals surface area contributed by atoms with Gasteiger partial charge in [-0.15, -0.1) is 0 Å². The number of rotatable bonds is 7. The average molecular weight is 380 g/mol. The van der Waals surface area contributed by atoms with Crippen molar-refractivity contribution in [3.05, 3.63) is 23.8 Å². The zero-order valence-electron chi connectivity index (χ0n) is 15.6. The van der Waals surface area contributed by atoms with E-state index in [2.05, 4.69) is 10.6 Å². The Morgan fingerprint density at radius 3 is 2.59 bits per heavy atom. The van der Waals surface area contributed by atoms with Crippen molar-refractivity contribution in [3.63, 3.8) is 0 Å². The number of amides is 2. The molecule has 9 nitrogen and oxygen atoms in total. The van der Waals surface area contributed by atoms with Crippen LogP contribution in [0.1, 0.15) is 32.8 Å². The molecule has 0 bridgehead atoms. The molecule has 2 rings (SSSR count). The predicted molar refractivity (Wildman–Crippen MR) is 94.2 cm³/mol. The van der Waals surface area contributed by atoms with Crippen LogP contribution in [-0.4, -0.2) is 43.5 Å². The SMILES string of the molecule is CC(C)(C)OC(=O)NCCC(=O)OCC(=O)NCc1ccc2c(c1)OCO2. The van der Waals surface area contributed by atoms with E-state index in [1.54, 1.807) is 32.9 Å². The third-order valence-corrected chi connectivity index (χ3v) is 3.29. The van der Waals surface area contributed by atoms with E-state index < -0.39 is 30.2 Å². The molecule has 2 N–H and O–H groups in total. The van der Waals surface area contributed by atoms with E-state index in [1.165, 1.54) is 0 Å². The Balaban J connectivity index is 1.59. The van der Waals surface area contributed by atoms with Gasteiger partial charge in [0.15, 0.2) is 18.1 Å². The number of fused-ring (bicyclic) bond motifs is 1. The van der Waals surface area contributed by atoms with E-state index in [9.17, 15) is 14.4 Å². The minimum Gasteiger partial charge on any atom is -0.456 e. The first-order valence-electron chi connectivity index (χ1n) is 8.50. The van der Waals surface area contributed by atoms with Crippen LogP contribution in [0, 0.1) is 0 Å². The molecule has 0 saturated carbocycles. The molecule has 0 saturated heterocycles. The van der Waals surface area contributed by atoms with Crippen LogP contribution in [-0.2, 0) is 25.6 Å². The molecule has 0 fully saturated rings. The topological polar surface area (TPSA) is 112 Å². The maximum atomic E-state index is 11.8. The van der Waals surface area contributed by atoms with Gasteiger partial charge in [-0.3, -0.25) is 9.59 Å².